The predicted molar refractivity (Wildman–Crippen MR) is 156 cm³/mol. The third kappa shape index (κ3) is 8.66. The third-order valence-corrected chi connectivity index (χ3v) is 5.90. The first-order chi connectivity index (χ1) is 18.3. The van der Waals surface area contributed by atoms with Crippen molar-refractivity contribution in [1.82, 2.24) is 4.98 Å². The van der Waals surface area contributed by atoms with Gasteiger partial charge in [0, 0.05) is 11.8 Å². The third-order valence-electron chi connectivity index (χ3n) is 5.90. The highest BCUT2D eigenvalue weighted by Gasteiger charge is 1.99. The van der Waals surface area contributed by atoms with Crippen LogP contribution in [0.2, 0.25) is 0 Å². The second-order valence-corrected chi connectivity index (χ2v) is 8.69. The first-order valence-electron chi connectivity index (χ1n) is 12.7. The Kier molecular flexibility index (Phi) is 9.91. The van der Waals surface area contributed by atoms with Crippen LogP contribution in [0.25, 0.3) is 35.6 Å². The van der Waals surface area contributed by atoms with Crippen LogP contribution < -0.4 is 4.74 Å². The summed E-state index contributed by atoms with van der Waals surface area (Å²) >= 11 is 0. The van der Waals surface area contributed by atoms with Gasteiger partial charge in [-0.2, -0.15) is 0 Å². The van der Waals surface area contributed by atoms with Crippen molar-refractivity contribution >= 4 is 24.3 Å². The molecule has 1 aromatic heterocycles. The molecule has 0 saturated heterocycles. The van der Waals surface area contributed by atoms with Crippen molar-refractivity contribution in [3.63, 3.8) is 0 Å². The van der Waals surface area contributed by atoms with Gasteiger partial charge in [-0.1, -0.05) is 97.6 Å². The van der Waals surface area contributed by atoms with E-state index in [1.165, 1.54) is 6.26 Å². The summed E-state index contributed by atoms with van der Waals surface area (Å²) in [6.07, 6.45) is 15.0. The average molecular weight is 488 g/mol. The monoisotopic (exact) mass is 487 g/mol. The van der Waals surface area contributed by atoms with Gasteiger partial charge in [-0.15, -0.1) is 0 Å². The van der Waals surface area contributed by atoms with Gasteiger partial charge in [0.05, 0.1) is 25.2 Å². The van der Waals surface area contributed by atoms with Crippen molar-refractivity contribution in [3.05, 3.63) is 132 Å². The number of unbranched alkanes of at least 4 members (excludes halogenated alkanes) is 2. The molecule has 0 amide bonds. The molecule has 0 radical (unpaired) electrons. The molecule has 0 N–H and O–H groups in total. The van der Waals surface area contributed by atoms with Gasteiger partial charge in [-0.25, -0.2) is 0 Å². The maximum absolute atomic E-state index is 5.83. The van der Waals surface area contributed by atoms with E-state index in [1.54, 1.807) is 0 Å². The van der Waals surface area contributed by atoms with E-state index in [-0.39, 0.29) is 0 Å². The molecular formula is C34H33NO2. The Labute approximate surface area is 220 Å². The van der Waals surface area contributed by atoms with Crippen molar-refractivity contribution in [2.24, 2.45) is 0 Å². The van der Waals surface area contributed by atoms with E-state index in [1.807, 2.05) is 42.6 Å². The van der Waals surface area contributed by atoms with Crippen LogP contribution in [0.4, 0.5) is 0 Å². The van der Waals surface area contributed by atoms with E-state index in [0.29, 0.717) is 0 Å². The van der Waals surface area contributed by atoms with Gasteiger partial charge in [0.1, 0.15) is 5.75 Å². The first-order valence-corrected chi connectivity index (χ1v) is 12.7. The van der Waals surface area contributed by atoms with Crippen molar-refractivity contribution in [2.75, 3.05) is 13.2 Å². The largest absolute Gasteiger partial charge is 0.502 e. The Bertz CT molecular complexity index is 1290. The summed E-state index contributed by atoms with van der Waals surface area (Å²) < 4.78 is 11.0. The van der Waals surface area contributed by atoms with E-state index >= 15 is 0 Å². The summed E-state index contributed by atoms with van der Waals surface area (Å²) in [6.45, 7) is 4.99. The van der Waals surface area contributed by atoms with Crippen molar-refractivity contribution in [3.8, 4) is 17.0 Å². The van der Waals surface area contributed by atoms with E-state index in [0.717, 1.165) is 71.7 Å². The van der Waals surface area contributed by atoms with Gasteiger partial charge in [0.25, 0.3) is 0 Å². The molecular weight excluding hydrogens is 454 g/mol. The minimum Gasteiger partial charge on any atom is -0.502 e. The zero-order chi connectivity index (χ0) is 25.5. The van der Waals surface area contributed by atoms with E-state index in [2.05, 4.69) is 90.5 Å². The number of rotatable bonds is 13. The molecule has 0 saturated carbocycles. The molecule has 4 aromatic rings. The SMILES string of the molecule is C=COCCCCCOc1ccc(/C=C/c2ccc(/C=C/c3ccnc(-c4ccccc4)c3)cc2)cc1. The molecule has 0 aliphatic rings. The lowest BCUT2D eigenvalue weighted by molar-refractivity contribution is 0.235. The summed E-state index contributed by atoms with van der Waals surface area (Å²) in [5.41, 5.74) is 6.69. The topological polar surface area (TPSA) is 31.4 Å². The standard InChI is InChI=1S/C34H33NO2/c1-2-36-25-7-4-8-26-37-33-21-19-30(20-22-33)16-15-28-11-13-29(14-12-28)17-18-31-23-24-35-34(27-31)32-9-5-3-6-10-32/h2-3,5-6,9-24,27H,1,4,7-8,25-26H2/b16-15+,18-17+. The lowest BCUT2D eigenvalue weighted by Gasteiger charge is -2.06. The van der Waals surface area contributed by atoms with E-state index < -0.39 is 0 Å². The maximum Gasteiger partial charge on any atom is 0.119 e. The summed E-state index contributed by atoms with van der Waals surface area (Å²) in [5, 5.41) is 0. The van der Waals surface area contributed by atoms with Crippen molar-refractivity contribution in [1.29, 1.82) is 0 Å². The van der Waals surface area contributed by atoms with Gasteiger partial charge in [-0.3, -0.25) is 4.98 Å². The minimum absolute atomic E-state index is 0.722. The van der Waals surface area contributed by atoms with Crippen LogP contribution in [0.1, 0.15) is 41.5 Å². The van der Waals surface area contributed by atoms with Crippen LogP contribution in [-0.2, 0) is 4.74 Å². The molecule has 3 heteroatoms. The lowest BCUT2D eigenvalue weighted by atomic mass is 10.1. The molecule has 37 heavy (non-hydrogen) atoms. The summed E-state index contributed by atoms with van der Waals surface area (Å²) in [5.74, 6) is 0.903. The van der Waals surface area contributed by atoms with Gasteiger partial charge >= 0.3 is 0 Å². The lowest BCUT2D eigenvalue weighted by Crippen LogP contribution is -1.98. The van der Waals surface area contributed by atoms with Crippen molar-refractivity contribution < 1.29 is 9.47 Å². The zero-order valence-corrected chi connectivity index (χ0v) is 21.1. The Morgan fingerprint density at radius 1 is 0.622 bits per heavy atom. The van der Waals surface area contributed by atoms with Crippen molar-refractivity contribution in [2.45, 2.75) is 19.3 Å². The van der Waals surface area contributed by atoms with E-state index in [4.69, 9.17) is 9.47 Å². The smallest absolute Gasteiger partial charge is 0.119 e. The predicted octanol–water partition coefficient (Wildman–Crippen LogP) is 8.80. The number of pyridine rings is 1. The van der Waals surface area contributed by atoms with Gasteiger partial charge in [0.2, 0.25) is 0 Å². The van der Waals surface area contributed by atoms with E-state index in [9.17, 15) is 0 Å². The summed E-state index contributed by atoms with van der Waals surface area (Å²) in [4.78, 5) is 4.50. The number of hydrogen-bond acceptors (Lipinski definition) is 3. The molecule has 1 heterocycles. The maximum atomic E-state index is 5.83. The highest BCUT2D eigenvalue weighted by Crippen LogP contribution is 2.19. The normalized spacial score (nSPS) is 11.1. The average Bonchev–Trinajstić information content (AvgIpc) is 2.96. The number of ether oxygens (including phenoxy) is 2. The Morgan fingerprint density at radius 2 is 1.22 bits per heavy atom. The first kappa shape index (κ1) is 25.7. The molecule has 0 fully saturated rings. The molecule has 4 rings (SSSR count). The van der Waals surface area contributed by atoms with Gasteiger partial charge < -0.3 is 9.47 Å². The molecule has 0 bridgehead atoms. The zero-order valence-electron chi connectivity index (χ0n) is 21.1. The summed E-state index contributed by atoms with van der Waals surface area (Å²) in [6, 6.07) is 31.1. The highest BCUT2D eigenvalue weighted by atomic mass is 16.5. The van der Waals surface area contributed by atoms with Crippen LogP contribution in [0.15, 0.2) is 110 Å². The Hall–Kier alpha value is -4.37. The molecule has 3 aromatic carbocycles. The fourth-order valence-electron chi connectivity index (χ4n) is 3.83. The Morgan fingerprint density at radius 3 is 1.86 bits per heavy atom. The van der Waals surface area contributed by atoms with Crippen LogP contribution >= 0.6 is 0 Å². The number of nitrogens with zero attached hydrogens (tertiary/aromatic N) is 1. The Balaban J connectivity index is 1.26. The number of hydrogen-bond donors (Lipinski definition) is 0. The van der Waals surface area contributed by atoms with Crippen LogP contribution in [-0.4, -0.2) is 18.2 Å². The molecule has 0 atom stereocenters. The number of aromatic nitrogens is 1. The fourth-order valence-corrected chi connectivity index (χ4v) is 3.83. The fraction of sp³-hybridized carbons (Fsp3) is 0.147. The highest BCUT2D eigenvalue weighted by molar-refractivity contribution is 5.74. The summed E-state index contributed by atoms with van der Waals surface area (Å²) in [7, 11) is 0. The quantitative estimate of drug-likeness (QED) is 0.107. The van der Waals surface area contributed by atoms with Gasteiger partial charge in [0.15, 0.2) is 0 Å². The molecule has 0 aliphatic heterocycles. The van der Waals surface area contributed by atoms with Crippen LogP contribution in [0.5, 0.6) is 5.75 Å². The molecule has 186 valence electrons. The molecule has 0 spiro atoms. The van der Waals surface area contributed by atoms with Crippen LogP contribution in [0, 0.1) is 0 Å². The number of benzene rings is 3. The molecule has 0 aliphatic carbocycles. The molecule has 0 unspecified atom stereocenters. The minimum atomic E-state index is 0.722. The van der Waals surface area contributed by atoms with Crippen LogP contribution in [0.3, 0.4) is 0 Å². The second-order valence-electron chi connectivity index (χ2n) is 8.69. The van der Waals surface area contributed by atoms with Gasteiger partial charge in [-0.05, 0) is 65.8 Å². The molecule has 3 nitrogen and oxygen atoms in total. The second kappa shape index (κ2) is 14.3.